The summed E-state index contributed by atoms with van der Waals surface area (Å²) in [5.74, 6) is 0.686. The van der Waals surface area contributed by atoms with Gasteiger partial charge in [0.2, 0.25) is 5.91 Å². The fourth-order valence-corrected chi connectivity index (χ4v) is 0.973. The highest BCUT2D eigenvalue weighted by molar-refractivity contribution is 5.81. The van der Waals surface area contributed by atoms with Crippen LogP contribution >= 0.6 is 0 Å². The summed E-state index contributed by atoms with van der Waals surface area (Å²) in [6.07, 6.45) is 0. The Hall–Kier alpha value is -0.990. The minimum atomic E-state index is -0.344. The van der Waals surface area contributed by atoms with Crippen molar-refractivity contribution in [3.05, 3.63) is 12.3 Å². The zero-order valence-corrected chi connectivity index (χ0v) is 9.18. The van der Waals surface area contributed by atoms with E-state index in [4.69, 9.17) is 4.74 Å². The number of hydrogen-bond donors (Lipinski definition) is 0. The van der Waals surface area contributed by atoms with Gasteiger partial charge in [0.1, 0.15) is 5.76 Å². The van der Waals surface area contributed by atoms with Gasteiger partial charge < -0.3 is 9.64 Å². The van der Waals surface area contributed by atoms with Gasteiger partial charge in [0.15, 0.2) is 0 Å². The van der Waals surface area contributed by atoms with Gasteiger partial charge in [0, 0.05) is 12.5 Å². The lowest BCUT2D eigenvalue weighted by molar-refractivity contribution is -0.138. The summed E-state index contributed by atoms with van der Waals surface area (Å²) in [5, 5.41) is 0. The van der Waals surface area contributed by atoms with E-state index in [1.807, 2.05) is 20.8 Å². The van der Waals surface area contributed by atoms with Crippen LogP contribution in [0.2, 0.25) is 0 Å². The molecule has 0 heterocycles. The van der Waals surface area contributed by atoms with E-state index in [2.05, 4.69) is 6.58 Å². The molecule has 0 aromatic carbocycles. The van der Waals surface area contributed by atoms with Crippen LogP contribution in [0.5, 0.6) is 0 Å². The van der Waals surface area contributed by atoms with Crippen LogP contribution < -0.4 is 0 Å². The van der Waals surface area contributed by atoms with Crippen molar-refractivity contribution in [3.63, 3.8) is 0 Å². The molecule has 1 amide bonds. The first kappa shape index (κ1) is 12.0. The molecule has 0 spiro atoms. The minimum absolute atomic E-state index is 0.0886. The van der Waals surface area contributed by atoms with Gasteiger partial charge in [-0.25, -0.2) is 0 Å². The van der Waals surface area contributed by atoms with E-state index in [-0.39, 0.29) is 11.3 Å². The van der Waals surface area contributed by atoms with Gasteiger partial charge in [0.05, 0.1) is 13.7 Å². The van der Waals surface area contributed by atoms with Crippen molar-refractivity contribution in [2.24, 2.45) is 5.41 Å². The summed E-state index contributed by atoms with van der Waals surface area (Å²) in [5.41, 5.74) is -0.344. The van der Waals surface area contributed by atoms with Gasteiger partial charge in [-0.05, 0) is 0 Å². The number of methoxy groups -OCH3 is 1. The third kappa shape index (κ3) is 3.97. The first-order chi connectivity index (χ1) is 5.79. The molecule has 0 aromatic heterocycles. The van der Waals surface area contributed by atoms with Crippen molar-refractivity contribution < 1.29 is 9.53 Å². The SMILES string of the molecule is C=C(CN(C)C(=O)C(C)(C)C)OC. The van der Waals surface area contributed by atoms with Crippen molar-refractivity contribution in [2.45, 2.75) is 20.8 Å². The number of nitrogens with zero attached hydrogens (tertiary/aromatic N) is 1. The maximum atomic E-state index is 11.6. The molecule has 0 atom stereocenters. The van der Waals surface area contributed by atoms with Crippen LogP contribution in [0, 0.1) is 5.41 Å². The Morgan fingerprint density at radius 2 is 1.92 bits per heavy atom. The number of carbonyl (C=O) groups is 1. The molecule has 0 aliphatic rings. The summed E-state index contributed by atoms with van der Waals surface area (Å²) in [4.78, 5) is 13.3. The van der Waals surface area contributed by atoms with Crippen molar-refractivity contribution >= 4 is 5.91 Å². The highest BCUT2D eigenvalue weighted by Gasteiger charge is 2.24. The standard InChI is InChI=1S/C10H19NO2/c1-8(13-6)7-11(5)9(12)10(2,3)4/h1,7H2,2-6H3. The second kappa shape index (κ2) is 4.30. The number of carbonyl (C=O) groups excluding carboxylic acids is 1. The molecule has 0 radical (unpaired) electrons. The monoisotopic (exact) mass is 185 g/mol. The number of likely N-dealkylation sites (N-methyl/N-ethyl adjacent to an activating group) is 1. The molecule has 0 N–H and O–H groups in total. The van der Waals surface area contributed by atoms with E-state index in [0.717, 1.165) is 0 Å². The normalized spacial score (nSPS) is 10.8. The highest BCUT2D eigenvalue weighted by atomic mass is 16.5. The van der Waals surface area contributed by atoms with E-state index >= 15 is 0 Å². The van der Waals surface area contributed by atoms with Gasteiger partial charge in [-0.2, -0.15) is 0 Å². The predicted octanol–water partition coefficient (Wildman–Crippen LogP) is 1.65. The molecule has 0 unspecified atom stereocenters. The van der Waals surface area contributed by atoms with E-state index in [9.17, 15) is 4.79 Å². The average molecular weight is 185 g/mol. The van der Waals surface area contributed by atoms with Crippen LogP contribution in [-0.4, -0.2) is 31.5 Å². The van der Waals surface area contributed by atoms with Crippen LogP contribution in [0.25, 0.3) is 0 Å². The largest absolute Gasteiger partial charge is 0.500 e. The number of ether oxygens (including phenoxy) is 1. The maximum Gasteiger partial charge on any atom is 0.228 e. The fourth-order valence-electron chi connectivity index (χ4n) is 0.973. The van der Waals surface area contributed by atoms with Crippen molar-refractivity contribution in [3.8, 4) is 0 Å². The molecule has 0 saturated carbocycles. The molecule has 0 saturated heterocycles. The number of hydrogen-bond acceptors (Lipinski definition) is 2. The lowest BCUT2D eigenvalue weighted by atomic mass is 9.95. The number of rotatable bonds is 3. The molecule has 0 bridgehead atoms. The molecule has 3 nitrogen and oxygen atoms in total. The summed E-state index contributed by atoms with van der Waals surface area (Å²) in [6, 6.07) is 0. The quantitative estimate of drug-likeness (QED) is 0.626. The Kier molecular flexibility index (Phi) is 3.98. The lowest BCUT2D eigenvalue weighted by Crippen LogP contribution is -2.37. The maximum absolute atomic E-state index is 11.6. The van der Waals surface area contributed by atoms with E-state index < -0.39 is 0 Å². The molecule has 3 heteroatoms. The van der Waals surface area contributed by atoms with Crippen molar-refractivity contribution in [2.75, 3.05) is 20.7 Å². The summed E-state index contributed by atoms with van der Waals surface area (Å²) < 4.78 is 4.90. The van der Waals surface area contributed by atoms with Crippen LogP contribution in [0.15, 0.2) is 12.3 Å². The van der Waals surface area contributed by atoms with E-state index in [1.165, 1.54) is 0 Å². The summed E-state index contributed by atoms with van der Waals surface area (Å²) in [7, 11) is 3.30. The Bertz CT molecular complexity index is 203. The Morgan fingerprint density at radius 1 is 1.46 bits per heavy atom. The Labute approximate surface area is 80.4 Å². The van der Waals surface area contributed by atoms with Crippen LogP contribution in [0.4, 0.5) is 0 Å². The van der Waals surface area contributed by atoms with Gasteiger partial charge >= 0.3 is 0 Å². The third-order valence-corrected chi connectivity index (χ3v) is 1.69. The zero-order chi connectivity index (χ0) is 10.6. The fraction of sp³-hybridized carbons (Fsp3) is 0.700. The first-order valence-electron chi connectivity index (χ1n) is 4.26. The predicted molar refractivity (Wildman–Crippen MR) is 53.2 cm³/mol. The van der Waals surface area contributed by atoms with Crippen molar-refractivity contribution in [1.29, 1.82) is 0 Å². The van der Waals surface area contributed by atoms with Crippen LogP contribution in [-0.2, 0) is 9.53 Å². The minimum Gasteiger partial charge on any atom is -0.500 e. The molecule has 13 heavy (non-hydrogen) atoms. The molecule has 0 aromatic rings. The highest BCUT2D eigenvalue weighted by Crippen LogP contribution is 2.16. The van der Waals surface area contributed by atoms with Gasteiger partial charge in [-0.3, -0.25) is 4.79 Å². The summed E-state index contributed by atoms with van der Waals surface area (Å²) >= 11 is 0. The second-order valence-electron chi connectivity index (χ2n) is 4.15. The average Bonchev–Trinajstić information content (AvgIpc) is 2.01. The second-order valence-corrected chi connectivity index (χ2v) is 4.15. The molecule has 76 valence electrons. The van der Waals surface area contributed by atoms with Gasteiger partial charge in [0.25, 0.3) is 0 Å². The topological polar surface area (TPSA) is 29.5 Å². The molecule has 0 aliphatic heterocycles. The molecule has 0 rings (SSSR count). The van der Waals surface area contributed by atoms with E-state index in [0.29, 0.717) is 12.3 Å². The van der Waals surface area contributed by atoms with Crippen molar-refractivity contribution in [1.82, 2.24) is 4.90 Å². The third-order valence-electron chi connectivity index (χ3n) is 1.69. The molecular formula is C10H19NO2. The molecular weight excluding hydrogens is 166 g/mol. The lowest BCUT2D eigenvalue weighted by Gasteiger charge is -2.26. The first-order valence-corrected chi connectivity index (χ1v) is 4.26. The Morgan fingerprint density at radius 3 is 2.23 bits per heavy atom. The smallest absolute Gasteiger partial charge is 0.228 e. The van der Waals surface area contributed by atoms with Gasteiger partial charge in [-0.15, -0.1) is 0 Å². The number of amides is 1. The Balaban J connectivity index is 4.20. The molecule has 0 aliphatic carbocycles. The van der Waals surface area contributed by atoms with Crippen LogP contribution in [0.1, 0.15) is 20.8 Å². The summed E-state index contributed by atoms with van der Waals surface area (Å²) in [6.45, 7) is 9.78. The van der Waals surface area contributed by atoms with Gasteiger partial charge in [-0.1, -0.05) is 27.4 Å². The zero-order valence-electron chi connectivity index (χ0n) is 9.18. The van der Waals surface area contributed by atoms with Crippen LogP contribution in [0.3, 0.4) is 0 Å². The molecule has 0 fully saturated rings. The van der Waals surface area contributed by atoms with E-state index in [1.54, 1.807) is 19.1 Å².